The Kier molecular flexibility index (Phi) is 4.24. The van der Waals surface area contributed by atoms with E-state index in [2.05, 4.69) is 29.3 Å². The Balaban J connectivity index is 1.69. The fraction of sp³-hybridized carbons (Fsp3) is 0.190. The molecule has 0 radical (unpaired) electrons. The van der Waals surface area contributed by atoms with Crippen molar-refractivity contribution in [3.8, 4) is 0 Å². The molecule has 2 heterocycles. The smallest absolute Gasteiger partial charge is 0.196 e. The number of rotatable bonds is 4. The van der Waals surface area contributed by atoms with Gasteiger partial charge in [0.25, 0.3) is 0 Å². The molecule has 0 bridgehead atoms. The van der Waals surface area contributed by atoms with E-state index in [1.807, 2.05) is 54.6 Å². The lowest BCUT2D eigenvalue weighted by Gasteiger charge is -2.08. The highest BCUT2D eigenvalue weighted by atomic mass is 32.2. The lowest BCUT2D eigenvalue weighted by atomic mass is 10.0. The zero-order valence-electron chi connectivity index (χ0n) is 15.0. The van der Waals surface area contributed by atoms with Gasteiger partial charge in [-0.2, -0.15) is 0 Å². The molecule has 0 aliphatic heterocycles. The molecule has 130 valence electrons. The van der Waals surface area contributed by atoms with E-state index in [0.29, 0.717) is 5.75 Å². The van der Waals surface area contributed by atoms with Crippen LogP contribution in [-0.2, 0) is 0 Å². The average molecular weight is 361 g/mol. The summed E-state index contributed by atoms with van der Waals surface area (Å²) in [4.78, 5) is 12.7. The van der Waals surface area contributed by atoms with Crippen molar-refractivity contribution in [3.05, 3.63) is 70.8 Å². The molecule has 0 fully saturated rings. The van der Waals surface area contributed by atoms with Crippen LogP contribution in [0, 0.1) is 20.8 Å². The van der Waals surface area contributed by atoms with Crippen LogP contribution in [-0.4, -0.2) is 26.1 Å². The Morgan fingerprint density at radius 1 is 1.00 bits per heavy atom. The standard InChI is InChI=1S/C21H19N3OS/c1-13-8-9-14(2)17(10-13)19(25)12-26-21-23-22-20-11-15(3)16-6-4-5-7-18(16)24(20)21/h4-11H,12H2,1-3H3. The summed E-state index contributed by atoms with van der Waals surface area (Å²) < 4.78 is 2.03. The molecule has 0 N–H and O–H groups in total. The van der Waals surface area contributed by atoms with Gasteiger partial charge >= 0.3 is 0 Å². The third-order valence-corrected chi connectivity index (χ3v) is 5.53. The highest BCUT2D eigenvalue weighted by Gasteiger charge is 2.15. The van der Waals surface area contributed by atoms with E-state index in [1.165, 1.54) is 22.7 Å². The summed E-state index contributed by atoms with van der Waals surface area (Å²) in [6.07, 6.45) is 0. The predicted molar refractivity (Wildman–Crippen MR) is 106 cm³/mol. The number of Topliss-reactive ketones (excluding diaryl/α,β-unsaturated/α-hetero) is 1. The van der Waals surface area contributed by atoms with E-state index in [1.54, 1.807) is 0 Å². The minimum Gasteiger partial charge on any atom is -0.293 e. The molecule has 0 atom stereocenters. The number of aromatic nitrogens is 3. The zero-order chi connectivity index (χ0) is 18.3. The first-order chi connectivity index (χ1) is 12.5. The van der Waals surface area contributed by atoms with Crippen molar-refractivity contribution in [1.82, 2.24) is 14.6 Å². The van der Waals surface area contributed by atoms with Crippen molar-refractivity contribution in [1.29, 1.82) is 0 Å². The fourth-order valence-corrected chi connectivity index (χ4v) is 4.05. The predicted octanol–water partition coefficient (Wildman–Crippen LogP) is 4.78. The van der Waals surface area contributed by atoms with Gasteiger partial charge in [0.2, 0.25) is 0 Å². The highest BCUT2D eigenvalue weighted by molar-refractivity contribution is 7.99. The second-order valence-electron chi connectivity index (χ2n) is 6.55. The maximum atomic E-state index is 12.7. The summed E-state index contributed by atoms with van der Waals surface area (Å²) in [5, 5.41) is 10.5. The SMILES string of the molecule is Cc1ccc(C)c(C(=O)CSc2nnc3cc(C)c4ccccc4n23)c1. The first-order valence-corrected chi connectivity index (χ1v) is 9.50. The van der Waals surface area contributed by atoms with Crippen molar-refractivity contribution < 1.29 is 4.79 Å². The van der Waals surface area contributed by atoms with Crippen LogP contribution in [0.3, 0.4) is 0 Å². The molecule has 4 nitrogen and oxygen atoms in total. The summed E-state index contributed by atoms with van der Waals surface area (Å²) in [5.41, 5.74) is 5.93. The Morgan fingerprint density at radius 3 is 2.65 bits per heavy atom. The summed E-state index contributed by atoms with van der Waals surface area (Å²) in [7, 11) is 0. The first-order valence-electron chi connectivity index (χ1n) is 8.51. The largest absolute Gasteiger partial charge is 0.293 e. The van der Waals surface area contributed by atoms with Crippen LogP contribution in [0.1, 0.15) is 27.0 Å². The molecule has 2 aromatic heterocycles. The molecule has 5 heteroatoms. The van der Waals surface area contributed by atoms with Gasteiger partial charge in [-0.1, -0.05) is 47.7 Å². The number of ketones is 1. The van der Waals surface area contributed by atoms with Gasteiger partial charge in [0.1, 0.15) is 0 Å². The van der Waals surface area contributed by atoms with Gasteiger partial charge in [-0.3, -0.25) is 9.20 Å². The van der Waals surface area contributed by atoms with Crippen LogP contribution in [0.15, 0.2) is 53.7 Å². The van der Waals surface area contributed by atoms with Crippen LogP contribution < -0.4 is 0 Å². The zero-order valence-corrected chi connectivity index (χ0v) is 15.8. The number of carbonyl (C=O) groups excluding carboxylic acids is 1. The molecule has 0 aliphatic rings. The maximum absolute atomic E-state index is 12.7. The number of nitrogens with zero attached hydrogens (tertiary/aromatic N) is 3. The normalized spacial score (nSPS) is 11.3. The number of pyridine rings is 1. The molecule has 0 aliphatic carbocycles. The lowest BCUT2D eigenvalue weighted by molar-refractivity contribution is 0.102. The minimum atomic E-state index is 0.115. The average Bonchev–Trinajstić information content (AvgIpc) is 3.05. The van der Waals surface area contributed by atoms with Crippen LogP contribution in [0.4, 0.5) is 0 Å². The van der Waals surface area contributed by atoms with E-state index in [9.17, 15) is 4.79 Å². The van der Waals surface area contributed by atoms with Crippen LogP contribution in [0.2, 0.25) is 0 Å². The Morgan fingerprint density at radius 2 is 1.81 bits per heavy atom. The molecule has 4 aromatic rings. The van der Waals surface area contributed by atoms with E-state index < -0.39 is 0 Å². The third-order valence-electron chi connectivity index (χ3n) is 4.60. The maximum Gasteiger partial charge on any atom is 0.196 e. The molecule has 0 saturated heterocycles. The van der Waals surface area contributed by atoms with Gasteiger partial charge in [-0.15, -0.1) is 10.2 Å². The molecule has 0 amide bonds. The number of para-hydroxylation sites is 1. The van der Waals surface area contributed by atoms with Crippen LogP contribution >= 0.6 is 11.8 Å². The molecule has 0 spiro atoms. The number of hydrogen-bond donors (Lipinski definition) is 0. The van der Waals surface area contributed by atoms with Crippen molar-refractivity contribution in [2.45, 2.75) is 25.9 Å². The summed E-state index contributed by atoms with van der Waals surface area (Å²) in [6.45, 7) is 6.05. The number of thioether (sulfide) groups is 1. The highest BCUT2D eigenvalue weighted by Crippen LogP contribution is 2.26. The minimum absolute atomic E-state index is 0.115. The van der Waals surface area contributed by atoms with Gasteiger partial charge < -0.3 is 0 Å². The topological polar surface area (TPSA) is 47.3 Å². The Hall–Kier alpha value is -2.66. The number of benzene rings is 2. The molecule has 0 unspecified atom stereocenters. The summed E-state index contributed by atoms with van der Waals surface area (Å²) in [5.74, 6) is 0.456. The quantitative estimate of drug-likeness (QED) is 0.387. The Bertz CT molecular complexity index is 1150. The van der Waals surface area contributed by atoms with Crippen molar-refractivity contribution in [3.63, 3.8) is 0 Å². The van der Waals surface area contributed by atoms with Crippen molar-refractivity contribution >= 4 is 34.1 Å². The molecular weight excluding hydrogens is 342 g/mol. The first kappa shape index (κ1) is 16.8. The van der Waals surface area contributed by atoms with Crippen LogP contribution in [0.5, 0.6) is 0 Å². The second-order valence-corrected chi connectivity index (χ2v) is 7.49. The summed E-state index contributed by atoms with van der Waals surface area (Å²) in [6, 6.07) is 16.2. The van der Waals surface area contributed by atoms with E-state index in [-0.39, 0.29) is 5.78 Å². The van der Waals surface area contributed by atoms with Gasteiger partial charge in [0.15, 0.2) is 16.6 Å². The molecular formula is C21H19N3OS. The van der Waals surface area contributed by atoms with E-state index in [0.717, 1.165) is 33.0 Å². The van der Waals surface area contributed by atoms with Gasteiger partial charge in [-0.05, 0) is 50.1 Å². The third kappa shape index (κ3) is 2.88. The Labute approximate surface area is 156 Å². The summed E-state index contributed by atoms with van der Waals surface area (Å²) >= 11 is 1.43. The monoisotopic (exact) mass is 361 g/mol. The molecule has 26 heavy (non-hydrogen) atoms. The van der Waals surface area contributed by atoms with Gasteiger partial charge in [0.05, 0.1) is 11.3 Å². The van der Waals surface area contributed by atoms with Gasteiger partial charge in [0, 0.05) is 10.9 Å². The number of fused-ring (bicyclic) bond motifs is 3. The van der Waals surface area contributed by atoms with Gasteiger partial charge in [-0.25, -0.2) is 0 Å². The fourth-order valence-electron chi connectivity index (χ4n) is 3.21. The van der Waals surface area contributed by atoms with Crippen LogP contribution in [0.25, 0.3) is 16.6 Å². The number of carbonyl (C=O) groups is 1. The molecule has 2 aromatic carbocycles. The lowest BCUT2D eigenvalue weighted by Crippen LogP contribution is -2.06. The number of aryl methyl sites for hydroxylation is 3. The van der Waals surface area contributed by atoms with Crippen molar-refractivity contribution in [2.75, 3.05) is 5.75 Å². The number of hydrogen-bond acceptors (Lipinski definition) is 4. The van der Waals surface area contributed by atoms with Crippen molar-refractivity contribution in [2.24, 2.45) is 0 Å². The molecule has 4 rings (SSSR count). The van der Waals surface area contributed by atoms with E-state index >= 15 is 0 Å². The molecule has 0 saturated carbocycles. The second kappa shape index (κ2) is 6.57. The van der Waals surface area contributed by atoms with E-state index in [4.69, 9.17) is 0 Å².